The lowest BCUT2D eigenvalue weighted by molar-refractivity contribution is 0.101. The normalized spacial score (nSPS) is 13.4. The van der Waals surface area contributed by atoms with Gasteiger partial charge in [-0.2, -0.15) is 0 Å². The van der Waals surface area contributed by atoms with Gasteiger partial charge in [-0.25, -0.2) is 0 Å². The fourth-order valence-corrected chi connectivity index (χ4v) is 2.12. The number of carbonyl (C=O) groups is 1. The Morgan fingerprint density at radius 1 is 1.05 bits per heavy atom. The summed E-state index contributed by atoms with van der Waals surface area (Å²) in [4.78, 5) is 11.5. The van der Waals surface area contributed by atoms with Gasteiger partial charge in [0.05, 0.1) is 0 Å². The van der Waals surface area contributed by atoms with Crippen LogP contribution >= 0.6 is 0 Å². The molecule has 1 radical (unpaired) electrons. The molecule has 0 atom stereocenters. The van der Waals surface area contributed by atoms with Crippen LogP contribution in [-0.2, 0) is 0 Å². The van der Waals surface area contributed by atoms with E-state index in [0.29, 0.717) is 5.56 Å². The monoisotopic (exact) mass is 263 g/mol. The van der Waals surface area contributed by atoms with Crippen LogP contribution < -0.4 is 10.6 Å². The molecule has 1 heterocycles. The minimum atomic E-state index is 0.0422. The second-order valence-electron chi connectivity index (χ2n) is 4.54. The van der Waals surface area contributed by atoms with Crippen LogP contribution in [0.25, 0.3) is 11.4 Å². The van der Waals surface area contributed by atoms with E-state index in [-0.39, 0.29) is 5.78 Å². The first kappa shape index (κ1) is 12.3. The van der Waals surface area contributed by atoms with Crippen molar-refractivity contribution < 1.29 is 4.79 Å². The summed E-state index contributed by atoms with van der Waals surface area (Å²) in [5.74, 6) is 0.0422. The Hall–Kier alpha value is -2.75. The van der Waals surface area contributed by atoms with Gasteiger partial charge in [-0.15, -0.1) is 0 Å². The van der Waals surface area contributed by atoms with E-state index in [4.69, 9.17) is 0 Å². The zero-order valence-corrected chi connectivity index (χ0v) is 11.0. The van der Waals surface area contributed by atoms with Gasteiger partial charge in [-0.3, -0.25) is 4.79 Å². The van der Waals surface area contributed by atoms with E-state index in [1.807, 2.05) is 48.5 Å². The summed E-state index contributed by atoms with van der Waals surface area (Å²) in [5.41, 5.74) is 7.09. The molecule has 0 saturated carbocycles. The molecule has 4 nitrogen and oxygen atoms in total. The van der Waals surface area contributed by atoms with Crippen LogP contribution in [0.3, 0.4) is 0 Å². The van der Waals surface area contributed by atoms with Crippen LogP contribution in [-0.4, -0.2) is 5.78 Å². The second-order valence-corrected chi connectivity index (χ2v) is 4.54. The predicted octanol–water partition coefficient (Wildman–Crippen LogP) is 3.02. The van der Waals surface area contributed by atoms with Crippen molar-refractivity contribution >= 4 is 17.2 Å². The van der Waals surface area contributed by atoms with Gasteiger partial charge in [0, 0.05) is 16.7 Å². The van der Waals surface area contributed by atoms with Gasteiger partial charge in [0.1, 0.15) is 10.8 Å². The third kappa shape index (κ3) is 2.23. The van der Waals surface area contributed by atoms with E-state index in [0.717, 1.165) is 22.5 Å². The Morgan fingerprint density at radius 2 is 1.80 bits per heavy atom. The summed E-state index contributed by atoms with van der Waals surface area (Å²) < 4.78 is 0. The molecule has 1 aliphatic heterocycles. The van der Waals surface area contributed by atoms with Crippen molar-refractivity contribution in [3.05, 3.63) is 71.3 Å². The smallest absolute Gasteiger partial charge is 0.295 e. The van der Waals surface area contributed by atoms with Crippen molar-refractivity contribution in [1.29, 1.82) is 0 Å². The summed E-state index contributed by atoms with van der Waals surface area (Å²) in [6.45, 7) is 1.56. The van der Waals surface area contributed by atoms with Crippen LogP contribution in [0.2, 0.25) is 0 Å². The molecule has 0 aromatic heterocycles. The van der Waals surface area contributed by atoms with Gasteiger partial charge in [-0.1, -0.05) is 54.0 Å². The standard InChI is InChI=1S/C16H13N3O/c1-11(20)13-8-5-9-14(10-13)16-15(17-19-18-16)12-6-3-2-4-7-12/h2-10H,1H3,(H,17,18)/q+1. The van der Waals surface area contributed by atoms with Gasteiger partial charge in [-0.05, 0) is 13.0 Å². The van der Waals surface area contributed by atoms with Crippen molar-refractivity contribution in [3.8, 4) is 0 Å². The van der Waals surface area contributed by atoms with Gasteiger partial charge in [0.25, 0.3) is 0 Å². The summed E-state index contributed by atoms with van der Waals surface area (Å²) >= 11 is 0. The molecule has 20 heavy (non-hydrogen) atoms. The van der Waals surface area contributed by atoms with E-state index in [1.54, 1.807) is 13.0 Å². The molecule has 3 rings (SSSR count). The molecule has 0 spiro atoms. The van der Waals surface area contributed by atoms with Crippen LogP contribution in [0.5, 0.6) is 0 Å². The average Bonchev–Trinajstić information content (AvgIpc) is 2.98. The summed E-state index contributed by atoms with van der Waals surface area (Å²) in [6, 6.07) is 17.3. The van der Waals surface area contributed by atoms with E-state index in [1.165, 1.54) is 0 Å². The number of ketones is 1. The molecule has 97 valence electrons. The number of nitrogens with zero attached hydrogens (tertiary/aromatic N) is 2. The van der Waals surface area contributed by atoms with E-state index >= 15 is 0 Å². The Kier molecular flexibility index (Phi) is 3.13. The molecular weight excluding hydrogens is 250 g/mol. The highest BCUT2D eigenvalue weighted by atomic mass is 16.1. The van der Waals surface area contributed by atoms with E-state index < -0.39 is 0 Å². The summed E-state index contributed by atoms with van der Waals surface area (Å²) in [7, 11) is 0. The Labute approximate surface area is 116 Å². The van der Waals surface area contributed by atoms with Crippen LogP contribution in [0.1, 0.15) is 28.4 Å². The maximum atomic E-state index is 11.5. The molecule has 0 saturated heterocycles. The maximum Gasteiger partial charge on any atom is 0.331 e. The van der Waals surface area contributed by atoms with Gasteiger partial charge >= 0.3 is 5.22 Å². The quantitative estimate of drug-likeness (QED) is 0.865. The second kappa shape index (κ2) is 5.09. The zero-order chi connectivity index (χ0) is 13.9. The van der Waals surface area contributed by atoms with Gasteiger partial charge in [0.15, 0.2) is 11.5 Å². The number of hydrogen-bond acceptors (Lipinski definition) is 4. The molecule has 0 bridgehead atoms. The largest absolute Gasteiger partial charge is 0.331 e. The van der Waals surface area contributed by atoms with Crippen molar-refractivity contribution in [2.24, 2.45) is 5.11 Å². The molecule has 2 aromatic rings. The number of Topliss-reactive ketones (excluding diaryl/α,β-unsaturated/α-hetero) is 1. The minimum absolute atomic E-state index is 0.0422. The molecule has 0 fully saturated rings. The molecule has 0 unspecified atom stereocenters. The van der Waals surface area contributed by atoms with Crippen LogP contribution in [0, 0.1) is 0 Å². The van der Waals surface area contributed by atoms with Crippen molar-refractivity contribution in [2.45, 2.75) is 6.92 Å². The lowest BCUT2D eigenvalue weighted by Gasteiger charge is -2.03. The Morgan fingerprint density at radius 3 is 2.55 bits per heavy atom. The zero-order valence-electron chi connectivity index (χ0n) is 11.0. The SMILES string of the molecule is CC(=O)c1cccc(C2=C(c3ccccc3)N=[N+]N2)c1. The molecule has 1 N–H and O–H groups in total. The highest BCUT2D eigenvalue weighted by Crippen LogP contribution is 2.27. The Balaban J connectivity index is 2.09. The minimum Gasteiger partial charge on any atom is -0.295 e. The van der Waals surface area contributed by atoms with Gasteiger partial charge < -0.3 is 0 Å². The van der Waals surface area contributed by atoms with Crippen molar-refractivity contribution in [1.82, 2.24) is 10.6 Å². The number of benzene rings is 2. The highest BCUT2D eigenvalue weighted by Gasteiger charge is 2.24. The fourth-order valence-electron chi connectivity index (χ4n) is 2.12. The molecule has 1 aliphatic rings. The fraction of sp³-hybridized carbons (Fsp3) is 0.0625. The molecule has 2 aromatic carbocycles. The van der Waals surface area contributed by atoms with E-state index in [2.05, 4.69) is 15.8 Å². The number of hydrogen-bond donors (Lipinski definition) is 1. The predicted molar refractivity (Wildman–Crippen MR) is 77.4 cm³/mol. The van der Waals surface area contributed by atoms with Crippen LogP contribution in [0.15, 0.2) is 59.7 Å². The number of carbonyl (C=O) groups excluding carboxylic acids is 1. The van der Waals surface area contributed by atoms with Crippen molar-refractivity contribution in [3.63, 3.8) is 0 Å². The van der Waals surface area contributed by atoms with Crippen LogP contribution in [0.4, 0.5) is 0 Å². The van der Waals surface area contributed by atoms with Gasteiger partial charge in [0.2, 0.25) is 0 Å². The first-order chi connectivity index (χ1) is 9.75. The third-order valence-electron chi connectivity index (χ3n) is 3.15. The molecule has 4 heteroatoms. The summed E-state index contributed by atoms with van der Waals surface area (Å²) in [5, 5.41) is 8.04. The average molecular weight is 263 g/mol. The highest BCUT2D eigenvalue weighted by molar-refractivity contribution is 5.96. The maximum absolute atomic E-state index is 11.5. The molecular formula is C16H13N3O+. The molecule has 0 amide bonds. The first-order valence-electron chi connectivity index (χ1n) is 6.33. The lowest BCUT2D eigenvalue weighted by Crippen LogP contribution is -2.09. The third-order valence-corrected chi connectivity index (χ3v) is 3.15. The summed E-state index contributed by atoms with van der Waals surface area (Å²) in [6.07, 6.45) is 0. The topological polar surface area (TPSA) is 55.6 Å². The van der Waals surface area contributed by atoms with E-state index in [9.17, 15) is 4.79 Å². The van der Waals surface area contributed by atoms with Crippen molar-refractivity contribution in [2.75, 3.05) is 0 Å². The Bertz CT molecular complexity index is 718. The lowest BCUT2D eigenvalue weighted by atomic mass is 10.0. The first-order valence-corrected chi connectivity index (χ1v) is 6.33. The number of nitrogens with one attached hydrogen (secondary N) is 1. The number of rotatable bonds is 3. The molecule has 0 aliphatic carbocycles.